The summed E-state index contributed by atoms with van der Waals surface area (Å²) in [7, 11) is 0. The molecule has 0 spiro atoms. The molecule has 1 aliphatic heterocycles. The van der Waals surface area contributed by atoms with Crippen LogP contribution in [0.1, 0.15) is 45.8 Å². The molecular weight excluding hydrogens is 417 g/mol. The van der Waals surface area contributed by atoms with Gasteiger partial charge in [0.2, 0.25) is 5.91 Å². The highest BCUT2D eigenvalue weighted by molar-refractivity contribution is 5.82. The number of nitrogens with two attached hydrogens (primary N) is 1. The predicted molar refractivity (Wildman–Crippen MR) is 129 cm³/mol. The van der Waals surface area contributed by atoms with Crippen molar-refractivity contribution in [2.45, 2.75) is 45.2 Å². The Bertz CT molecular complexity index is 1150. The average molecular weight is 448 g/mol. The van der Waals surface area contributed by atoms with E-state index in [-0.39, 0.29) is 23.5 Å². The molecule has 0 saturated carbocycles. The van der Waals surface area contributed by atoms with Gasteiger partial charge in [-0.1, -0.05) is 30.3 Å². The van der Waals surface area contributed by atoms with Crippen molar-refractivity contribution in [2.75, 3.05) is 11.9 Å². The second-order valence-electron chi connectivity index (χ2n) is 8.84. The highest BCUT2D eigenvalue weighted by Crippen LogP contribution is 2.32. The van der Waals surface area contributed by atoms with Crippen LogP contribution in [0.2, 0.25) is 0 Å². The van der Waals surface area contributed by atoms with Crippen LogP contribution < -0.4 is 16.4 Å². The van der Waals surface area contributed by atoms with Crippen LogP contribution in [0.3, 0.4) is 0 Å². The molecule has 0 aliphatic carbocycles. The molecule has 2 atom stereocenters. The fraction of sp³-hybridized carbons (Fsp3) is 0.296. The third-order valence-electron chi connectivity index (χ3n) is 6.35. The first-order chi connectivity index (χ1) is 15.8. The number of anilines is 1. The van der Waals surface area contributed by atoms with Crippen LogP contribution in [0.5, 0.6) is 5.75 Å². The molecule has 1 heterocycles. The van der Waals surface area contributed by atoms with Crippen molar-refractivity contribution in [3.8, 4) is 5.75 Å². The van der Waals surface area contributed by atoms with Gasteiger partial charge in [-0.05, 0) is 84.3 Å². The molecule has 6 heteroatoms. The van der Waals surface area contributed by atoms with Gasteiger partial charge in [0.15, 0.2) is 0 Å². The van der Waals surface area contributed by atoms with E-state index >= 15 is 0 Å². The highest BCUT2D eigenvalue weighted by atomic mass is 19.1. The zero-order chi connectivity index (χ0) is 23.5. The standard InChI is InChI=1S/C27H30FN3O2/c1-16-11-20(32)12-17(2)21(16)15-24(29)27(33)31-26-9-10-30-25-8-7-18(14-22(25)26)13-19-5-3-4-6-23(19)28/h3-8,11-12,14,24,26,30,32H,9-10,13,15,29H2,1-2H3,(H,31,33). The molecule has 1 aliphatic rings. The van der Waals surface area contributed by atoms with Crippen molar-refractivity contribution in [3.05, 3.63) is 93.8 Å². The summed E-state index contributed by atoms with van der Waals surface area (Å²) >= 11 is 0. The Morgan fingerprint density at radius 3 is 2.64 bits per heavy atom. The van der Waals surface area contributed by atoms with Crippen molar-refractivity contribution in [1.29, 1.82) is 0 Å². The zero-order valence-electron chi connectivity index (χ0n) is 19.0. The van der Waals surface area contributed by atoms with Gasteiger partial charge in [-0.25, -0.2) is 4.39 Å². The van der Waals surface area contributed by atoms with Crippen molar-refractivity contribution in [1.82, 2.24) is 5.32 Å². The number of aryl methyl sites for hydroxylation is 2. The van der Waals surface area contributed by atoms with Crippen LogP contribution in [0.15, 0.2) is 54.6 Å². The number of benzene rings is 3. The molecule has 0 saturated heterocycles. The van der Waals surface area contributed by atoms with Gasteiger partial charge < -0.3 is 21.5 Å². The van der Waals surface area contributed by atoms with E-state index in [1.54, 1.807) is 24.3 Å². The minimum absolute atomic E-state index is 0.164. The van der Waals surface area contributed by atoms with Gasteiger partial charge in [0.1, 0.15) is 11.6 Å². The molecule has 1 amide bonds. The van der Waals surface area contributed by atoms with Gasteiger partial charge in [0.05, 0.1) is 12.1 Å². The topological polar surface area (TPSA) is 87.4 Å². The zero-order valence-corrected chi connectivity index (χ0v) is 19.0. The summed E-state index contributed by atoms with van der Waals surface area (Å²) in [5.41, 5.74) is 12.7. The van der Waals surface area contributed by atoms with Gasteiger partial charge in [0.25, 0.3) is 0 Å². The summed E-state index contributed by atoms with van der Waals surface area (Å²) < 4.78 is 14.1. The lowest BCUT2D eigenvalue weighted by atomic mass is 9.92. The fourth-order valence-electron chi connectivity index (χ4n) is 4.57. The molecule has 5 nitrogen and oxygen atoms in total. The van der Waals surface area contributed by atoms with Gasteiger partial charge in [-0.2, -0.15) is 0 Å². The number of nitrogens with one attached hydrogen (secondary N) is 2. The summed E-state index contributed by atoms with van der Waals surface area (Å²) in [4.78, 5) is 13.0. The number of rotatable bonds is 6. The molecule has 33 heavy (non-hydrogen) atoms. The number of aromatic hydroxyl groups is 1. The smallest absolute Gasteiger partial charge is 0.237 e. The van der Waals surface area contributed by atoms with E-state index in [9.17, 15) is 14.3 Å². The van der Waals surface area contributed by atoms with Gasteiger partial charge in [0, 0.05) is 18.7 Å². The Kier molecular flexibility index (Phi) is 6.65. The largest absolute Gasteiger partial charge is 0.508 e. The quantitative estimate of drug-likeness (QED) is 0.454. The number of phenolic OH excluding ortho intramolecular Hbond substituents is 1. The Labute approximate surface area is 193 Å². The minimum Gasteiger partial charge on any atom is -0.508 e. The van der Waals surface area contributed by atoms with E-state index < -0.39 is 6.04 Å². The van der Waals surface area contributed by atoms with E-state index in [1.165, 1.54) is 6.07 Å². The van der Waals surface area contributed by atoms with Crippen LogP contribution >= 0.6 is 0 Å². The summed E-state index contributed by atoms with van der Waals surface area (Å²) in [5, 5.41) is 16.3. The number of hydrogen-bond acceptors (Lipinski definition) is 4. The Balaban J connectivity index is 1.49. The summed E-state index contributed by atoms with van der Waals surface area (Å²) in [6.45, 7) is 4.57. The molecule has 172 valence electrons. The summed E-state index contributed by atoms with van der Waals surface area (Å²) in [6, 6.07) is 15.3. The molecule has 4 rings (SSSR count). The van der Waals surface area contributed by atoms with E-state index in [0.717, 1.165) is 46.5 Å². The lowest BCUT2D eigenvalue weighted by Gasteiger charge is -2.29. The summed E-state index contributed by atoms with van der Waals surface area (Å²) in [5.74, 6) is -0.215. The van der Waals surface area contributed by atoms with E-state index in [0.29, 0.717) is 18.4 Å². The maximum atomic E-state index is 14.1. The van der Waals surface area contributed by atoms with Crippen LogP contribution in [0, 0.1) is 19.7 Å². The first kappa shape index (κ1) is 22.8. The second-order valence-corrected chi connectivity index (χ2v) is 8.84. The Morgan fingerprint density at radius 2 is 1.91 bits per heavy atom. The van der Waals surface area contributed by atoms with E-state index in [1.807, 2.05) is 38.1 Å². The first-order valence-electron chi connectivity index (χ1n) is 11.3. The second kappa shape index (κ2) is 9.63. The number of carbonyl (C=O) groups is 1. The van der Waals surface area contributed by atoms with Gasteiger partial charge in [-0.3, -0.25) is 4.79 Å². The van der Waals surface area contributed by atoms with Crippen LogP contribution in [0.25, 0.3) is 0 Å². The fourth-order valence-corrected chi connectivity index (χ4v) is 4.57. The van der Waals surface area contributed by atoms with Crippen molar-refractivity contribution in [3.63, 3.8) is 0 Å². The molecule has 0 bridgehead atoms. The summed E-state index contributed by atoms with van der Waals surface area (Å²) in [6.07, 6.45) is 1.63. The number of phenols is 1. The van der Waals surface area contributed by atoms with Crippen molar-refractivity contribution in [2.24, 2.45) is 5.73 Å². The third-order valence-corrected chi connectivity index (χ3v) is 6.35. The average Bonchev–Trinajstić information content (AvgIpc) is 2.78. The molecular formula is C27H30FN3O2. The van der Waals surface area contributed by atoms with Crippen LogP contribution in [-0.4, -0.2) is 23.6 Å². The number of halogens is 1. The maximum Gasteiger partial charge on any atom is 0.237 e. The monoisotopic (exact) mass is 447 g/mol. The molecule has 2 unspecified atom stereocenters. The number of amides is 1. The molecule has 0 aromatic heterocycles. The Hall–Kier alpha value is -3.38. The van der Waals surface area contributed by atoms with Gasteiger partial charge in [-0.15, -0.1) is 0 Å². The molecule has 0 radical (unpaired) electrons. The molecule has 5 N–H and O–H groups in total. The van der Waals surface area contributed by atoms with E-state index in [4.69, 9.17) is 5.73 Å². The van der Waals surface area contributed by atoms with Gasteiger partial charge >= 0.3 is 0 Å². The van der Waals surface area contributed by atoms with Crippen molar-refractivity contribution < 1.29 is 14.3 Å². The third kappa shape index (κ3) is 5.17. The number of carbonyl (C=O) groups excluding carboxylic acids is 1. The number of fused-ring (bicyclic) bond motifs is 1. The molecule has 3 aromatic carbocycles. The van der Waals surface area contributed by atoms with Crippen LogP contribution in [-0.2, 0) is 17.6 Å². The minimum atomic E-state index is -0.702. The Morgan fingerprint density at radius 1 is 1.18 bits per heavy atom. The normalized spacial score (nSPS) is 15.9. The lowest BCUT2D eigenvalue weighted by Crippen LogP contribution is -2.44. The highest BCUT2D eigenvalue weighted by Gasteiger charge is 2.25. The number of hydrogen-bond donors (Lipinski definition) is 4. The predicted octanol–water partition coefficient (Wildman–Crippen LogP) is 4.28. The van der Waals surface area contributed by atoms with E-state index in [2.05, 4.69) is 10.6 Å². The lowest BCUT2D eigenvalue weighted by molar-refractivity contribution is -0.123. The SMILES string of the molecule is Cc1cc(O)cc(C)c1CC(N)C(=O)NC1CCNc2ccc(Cc3ccccc3F)cc21. The molecule has 0 fully saturated rings. The molecule has 3 aromatic rings. The van der Waals surface area contributed by atoms with Crippen molar-refractivity contribution >= 4 is 11.6 Å². The maximum absolute atomic E-state index is 14.1. The van der Waals surface area contributed by atoms with Crippen LogP contribution in [0.4, 0.5) is 10.1 Å². The first-order valence-corrected chi connectivity index (χ1v) is 11.3.